The molecule has 3 fully saturated rings. The molecule has 120 valence electrons. The zero-order valence-electron chi connectivity index (χ0n) is 13.6. The monoisotopic (exact) mass is 293 g/mol. The highest BCUT2D eigenvalue weighted by molar-refractivity contribution is 5.82. The number of nitrogens with two attached hydrogens (primary N) is 1. The van der Waals surface area contributed by atoms with Crippen LogP contribution < -0.4 is 5.73 Å². The molecule has 0 radical (unpaired) electrons. The van der Waals surface area contributed by atoms with E-state index in [1.807, 2.05) is 0 Å². The van der Waals surface area contributed by atoms with Gasteiger partial charge in [0.05, 0.1) is 6.04 Å². The molecule has 1 amide bonds. The van der Waals surface area contributed by atoms with Gasteiger partial charge in [0.25, 0.3) is 0 Å². The first kappa shape index (κ1) is 15.3. The topological polar surface area (TPSA) is 49.6 Å². The number of piperidine rings is 2. The average molecular weight is 293 g/mol. The molecule has 21 heavy (non-hydrogen) atoms. The Balaban J connectivity index is 1.60. The van der Waals surface area contributed by atoms with Gasteiger partial charge in [0.1, 0.15) is 0 Å². The van der Waals surface area contributed by atoms with Crippen LogP contribution in [0.1, 0.15) is 52.4 Å². The Labute approximate surface area is 129 Å². The highest BCUT2D eigenvalue weighted by Gasteiger charge is 2.43. The maximum Gasteiger partial charge on any atom is 0.239 e. The van der Waals surface area contributed by atoms with Crippen LogP contribution in [0.25, 0.3) is 0 Å². The first-order valence-electron chi connectivity index (χ1n) is 8.92. The van der Waals surface area contributed by atoms with Gasteiger partial charge in [0, 0.05) is 25.2 Å². The number of nitrogens with zero attached hydrogens (tertiary/aromatic N) is 2. The maximum atomic E-state index is 12.6. The van der Waals surface area contributed by atoms with Crippen molar-refractivity contribution in [2.24, 2.45) is 17.6 Å². The average Bonchev–Trinajstić information content (AvgIpc) is 3.36. The first-order valence-corrected chi connectivity index (χ1v) is 8.92. The molecule has 2 heterocycles. The van der Waals surface area contributed by atoms with Gasteiger partial charge in [-0.3, -0.25) is 9.69 Å². The molecule has 4 heteroatoms. The summed E-state index contributed by atoms with van der Waals surface area (Å²) in [6.07, 6.45) is 7.51. The molecule has 2 N–H and O–H groups in total. The van der Waals surface area contributed by atoms with E-state index in [-0.39, 0.29) is 17.9 Å². The molecular formula is C17H31N3O. The van der Waals surface area contributed by atoms with Crippen molar-refractivity contribution in [3.05, 3.63) is 0 Å². The van der Waals surface area contributed by atoms with Crippen molar-refractivity contribution >= 4 is 5.91 Å². The third kappa shape index (κ3) is 3.11. The van der Waals surface area contributed by atoms with Gasteiger partial charge >= 0.3 is 0 Å². The van der Waals surface area contributed by atoms with Gasteiger partial charge in [-0.15, -0.1) is 0 Å². The molecule has 0 aromatic heterocycles. The second kappa shape index (κ2) is 6.25. The first-order chi connectivity index (χ1) is 10.1. The van der Waals surface area contributed by atoms with Crippen molar-refractivity contribution in [3.63, 3.8) is 0 Å². The van der Waals surface area contributed by atoms with Crippen molar-refractivity contribution in [3.8, 4) is 0 Å². The smallest absolute Gasteiger partial charge is 0.239 e. The molecule has 4 unspecified atom stereocenters. The van der Waals surface area contributed by atoms with Gasteiger partial charge in [0.15, 0.2) is 0 Å². The lowest BCUT2D eigenvalue weighted by atomic mass is 9.83. The summed E-state index contributed by atoms with van der Waals surface area (Å²) in [5, 5.41) is 0. The molecule has 3 rings (SSSR count). The number of amides is 1. The third-order valence-electron chi connectivity index (χ3n) is 5.98. The Bertz CT molecular complexity index is 382. The molecule has 3 aliphatic rings. The standard InChI is InChI=1S/C17H31N3O/c1-3-12(2)16(18)17(21)19-10-8-15-13(11-19)5-4-9-20(15)14-6-7-14/h12-16H,3-11,18H2,1-2H3. The maximum absolute atomic E-state index is 12.6. The van der Waals surface area contributed by atoms with Crippen LogP contribution in [-0.4, -0.2) is 53.5 Å². The number of carbonyl (C=O) groups is 1. The summed E-state index contributed by atoms with van der Waals surface area (Å²) in [5.41, 5.74) is 6.15. The fourth-order valence-electron chi connectivity index (χ4n) is 4.21. The number of hydrogen-bond acceptors (Lipinski definition) is 3. The van der Waals surface area contributed by atoms with E-state index < -0.39 is 0 Å². The second-order valence-corrected chi connectivity index (χ2v) is 7.42. The quantitative estimate of drug-likeness (QED) is 0.860. The molecule has 4 nitrogen and oxygen atoms in total. The molecule has 0 bridgehead atoms. The Morgan fingerprint density at radius 1 is 1.24 bits per heavy atom. The van der Waals surface area contributed by atoms with Crippen molar-refractivity contribution in [1.29, 1.82) is 0 Å². The molecule has 1 saturated carbocycles. The molecule has 2 saturated heterocycles. The number of likely N-dealkylation sites (tertiary alicyclic amines) is 2. The predicted octanol–water partition coefficient (Wildman–Crippen LogP) is 1.84. The highest BCUT2D eigenvalue weighted by atomic mass is 16.2. The minimum absolute atomic E-state index is 0.186. The van der Waals surface area contributed by atoms with Gasteiger partial charge in [-0.05, 0) is 50.5 Å². The Morgan fingerprint density at radius 2 is 2.00 bits per heavy atom. The number of rotatable bonds is 4. The van der Waals surface area contributed by atoms with E-state index >= 15 is 0 Å². The molecule has 4 atom stereocenters. The van der Waals surface area contributed by atoms with Crippen molar-refractivity contribution < 1.29 is 4.79 Å². The normalized spacial score (nSPS) is 33.4. The fraction of sp³-hybridized carbons (Fsp3) is 0.941. The summed E-state index contributed by atoms with van der Waals surface area (Å²) in [6, 6.07) is 1.28. The van der Waals surface area contributed by atoms with E-state index in [2.05, 4.69) is 23.6 Å². The van der Waals surface area contributed by atoms with Gasteiger partial charge in [-0.2, -0.15) is 0 Å². The van der Waals surface area contributed by atoms with Gasteiger partial charge in [-0.1, -0.05) is 20.3 Å². The van der Waals surface area contributed by atoms with Crippen LogP contribution in [0.4, 0.5) is 0 Å². The molecular weight excluding hydrogens is 262 g/mol. The molecule has 0 aromatic rings. The van der Waals surface area contributed by atoms with Gasteiger partial charge in [0.2, 0.25) is 5.91 Å². The van der Waals surface area contributed by atoms with Gasteiger partial charge in [-0.25, -0.2) is 0 Å². The summed E-state index contributed by atoms with van der Waals surface area (Å²) in [7, 11) is 0. The molecule has 1 aliphatic carbocycles. The second-order valence-electron chi connectivity index (χ2n) is 7.42. The van der Waals surface area contributed by atoms with Crippen LogP contribution in [0.2, 0.25) is 0 Å². The van der Waals surface area contributed by atoms with E-state index in [9.17, 15) is 4.79 Å². The summed E-state index contributed by atoms with van der Waals surface area (Å²) >= 11 is 0. The van der Waals surface area contributed by atoms with Gasteiger partial charge < -0.3 is 10.6 Å². The van der Waals surface area contributed by atoms with Crippen molar-refractivity contribution in [2.75, 3.05) is 19.6 Å². The minimum atomic E-state index is -0.310. The van der Waals surface area contributed by atoms with E-state index in [1.54, 1.807) is 0 Å². The minimum Gasteiger partial charge on any atom is -0.341 e. The van der Waals surface area contributed by atoms with E-state index in [0.29, 0.717) is 5.92 Å². The zero-order valence-corrected chi connectivity index (χ0v) is 13.6. The van der Waals surface area contributed by atoms with Crippen LogP contribution in [0, 0.1) is 11.8 Å². The van der Waals surface area contributed by atoms with Crippen LogP contribution in [0.3, 0.4) is 0 Å². The molecule has 0 aromatic carbocycles. The van der Waals surface area contributed by atoms with Crippen molar-refractivity contribution in [2.45, 2.75) is 70.5 Å². The fourth-order valence-corrected chi connectivity index (χ4v) is 4.21. The summed E-state index contributed by atoms with van der Waals surface area (Å²) in [4.78, 5) is 17.4. The number of fused-ring (bicyclic) bond motifs is 1. The van der Waals surface area contributed by atoms with Crippen LogP contribution >= 0.6 is 0 Å². The van der Waals surface area contributed by atoms with Crippen LogP contribution in [0.15, 0.2) is 0 Å². The summed E-state index contributed by atoms with van der Waals surface area (Å²) in [6.45, 7) is 7.33. The van der Waals surface area contributed by atoms with Crippen LogP contribution in [-0.2, 0) is 4.79 Å². The predicted molar refractivity (Wildman–Crippen MR) is 84.9 cm³/mol. The molecule has 2 aliphatic heterocycles. The largest absolute Gasteiger partial charge is 0.341 e. The molecule has 0 spiro atoms. The van der Waals surface area contributed by atoms with Crippen LogP contribution in [0.5, 0.6) is 0 Å². The lowest BCUT2D eigenvalue weighted by Gasteiger charge is -2.48. The highest BCUT2D eigenvalue weighted by Crippen LogP contribution is 2.38. The SMILES string of the molecule is CCC(C)C(N)C(=O)N1CCC2C(CCCN2C2CC2)C1. The lowest BCUT2D eigenvalue weighted by Crippen LogP contribution is -2.58. The Morgan fingerprint density at radius 3 is 2.67 bits per heavy atom. The van der Waals surface area contributed by atoms with E-state index in [4.69, 9.17) is 5.73 Å². The number of hydrogen-bond donors (Lipinski definition) is 1. The van der Waals surface area contributed by atoms with E-state index in [0.717, 1.165) is 38.0 Å². The van der Waals surface area contributed by atoms with Crippen molar-refractivity contribution in [1.82, 2.24) is 9.80 Å². The third-order valence-corrected chi connectivity index (χ3v) is 5.98. The zero-order chi connectivity index (χ0) is 15.0. The lowest BCUT2D eigenvalue weighted by molar-refractivity contribution is -0.137. The number of carbonyl (C=O) groups excluding carboxylic acids is 1. The van der Waals surface area contributed by atoms with E-state index in [1.165, 1.54) is 32.2 Å². The Hall–Kier alpha value is -0.610. The Kier molecular flexibility index (Phi) is 4.55. The summed E-state index contributed by atoms with van der Waals surface area (Å²) in [5.74, 6) is 1.15. The summed E-state index contributed by atoms with van der Waals surface area (Å²) < 4.78 is 0.